The second-order valence-corrected chi connectivity index (χ2v) is 4.90. The lowest BCUT2D eigenvalue weighted by atomic mass is 9.88. The molecule has 1 aromatic heterocycles. The zero-order valence-corrected chi connectivity index (χ0v) is 9.82. The van der Waals surface area contributed by atoms with Crippen molar-refractivity contribution in [2.24, 2.45) is 5.92 Å². The van der Waals surface area contributed by atoms with Crippen LogP contribution < -0.4 is 10.2 Å². The van der Waals surface area contributed by atoms with E-state index in [1.54, 1.807) is 0 Å². The summed E-state index contributed by atoms with van der Waals surface area (Å²) >= 11 is 0. The Bertz CT molecular complexity index is 377. The summed E-state index contributed by atoms with van der Waals surface area (Å²) in [6.45, 7) is 4.56. The van der Waals surface area contributed by atoms with Crippen LogP contribution in [0.2, 0.25) is 0 Å². The van der Waals surface area contributed by atoms with Crippen LogP contribution in [0.25, 0.3) is 0 Å². The van der Waals surface area contributed by atoms with Crippen molar-refractivity contribution >= 4 is 11.5 Å². The highest BCUT2D eigenvalue weighted by Crippen LogP contribution is 2.35. The number of hydrogen-bond donors (Lipinski definition) is 1. The minimum absolute atomic E-state index is 0.654. The third-order valence-corrected chi connectivity index (χ3v) is 3.99. The Morgan fingerprint density at radius 3 is 3.38 bits per heavy atom. The molecule has 3 rings (SSSR count). The van der Waals surface area contributed by atoms with Crippen molar-refractivity contribution in [1.29, 1.82) is 0 Å². The predicted octanol–water partition coefficient (Wildman–Crippen LogP) is 2.50. The Kier molecular flexibility index (Phi) is 2.46. The van der Waals surface area contributed by atoms with E-state index in [1.807, 2.05) is 12.3 Å². The fraction of sp³-hybridized carbons (Fsp3) is 0.615. The second kappa shape index (κ2) is 3.96. The van der Waals surface area contributed by atoms with Gasteiger partial charge in [0.1, 0.15) is 0 Å². The molecule has 0 aromatic carbocycles. The van der Waals surface area contributed by atoms with Crippen LogP contribution in [-0.2, 0) is 0 Å². The van der Waals surface area contributed by atoms with Crippen LogP contribution in [0.15, 0.2) is 18.3 Å². The van der Waals surface area contributed by atoms with Gasteiger partial charge in [-0.3, -0.25) is 0 Å². The zero-order valence-electron chi connectivity index (χ0n) is 9.82. The van der Waals surface area contributed by atoms with Crippen LogP contribution in [0.1, 0.15) is 26.2 Å². The highest BCUT2D eigenvalue weighted by atomic mass is 15.3. The fourth-order valence-electron chi connectivity index (χ4n) is 2.97. The van der Waals surface area contributed by atoms with Gasteiger partial charge in [0.2, 0.25) is 0 Å². The van der Waals surface area contributed by atoms with E-state index in [1.165, 1.54) is 31.5 Å². The molecule has 1 aromatic rings. The number of fused-ring (bicyclic) bond motifs is 3. The van der Waals surface area contributed by atoms with Crippen molar-refractivity contribution < 1.29 is 0 Å². The molecular formula is C13H19N3. The predicted molar refractivity (Wildman–Crippen MR) is 66.9 cm³/mol. The molecule has 3 nitrogen and oxygen atoms in total. The average Bonchev–Trinajstić information content (AvgIpc) is 2.38. The van der Waals surface area contributed by atoms with E-state index in [9.17, 15) is 0 Å². The molecule has 3 heterocycles. The highest BCUT2D eigenvalue weighted by Gasteiger charge is 2.32. The number of pyridine rings is 1. The third kappa shape index (κ3) is 1.55. The first-order chi connectivity index (χ1) is 7.88. The van der Waals surface area contributed by atoms with Crippen LogP contribution in [-0.4, -0.2) is 24.1 Å². The van der Waals surface area contributed by atoms with Crippen molar-refractivity contribution in [3.05, 3.63) is 18.3 Å². The van der Waals surface area contributed by atoms with Gasteiger partial charge in [-0.05, 0) is 30.9 Å². The molecule has 0 bridgehead atoms. The molecule has 0 radical (unpaired) electrons. The van der Waals surface area contributed by atoms with Gasteiger partial charge in [0.25, 0.3) is 0 Å². The number of anilines is 2. The lowest BCUT2D eigenvalue weighted by molar-refractivity contribution is 0.334. The van der Waals surface area contributed by atoms with Crippen LogP contribution in [0.4, 0.5) is 11.5 Å². The topological polar surface area (TPSA) is 28.2 Å². The van der Waals surface area contributed by atoms with E-state index in [-0.39, 0.29) is 0 Å². The number of aromatic nitrogens is 1. The van der Waals surface area contributed by atoms with Crippen molar-refractivity contribution in [3.8, 4) is 0 Å². The van der Waals surface area contributed by atoms with Crippen LogP contribution in [0, 0.1) is 5.92 Å². The molecule has 16 heavy (non-hydrogen) atoms. The van der Waals surface area contributed by atoms with Gasteiger partial charge in [-0.25, -0.2) is 4.98 Å². The molecule has 86 valence electrons. The second-order valence-electron chi connectivity index (χ2n) is 4.90. The molecule has 0 spiro atoms. The van der Waals surface area contributed by atoms with Gasteiger partial charge < -0.3 is 10.2 Å². The fourth-order valence-corrected chi connectivity index (χ4v) is 2.97. The van der Waals surface area contributed by atoms with Gasteiger partial charge in [0.15, 0.2) is 5.82 Å². The first-order valence-electron chi connectivity index (χ1n) is 6.34. The zero-order chi connectivity index (χ0) is 11.0. The molecule has 0 amide bonds. The molecule has 2 aliphatic rings. The van der Waals surface area contributed by atoms with E-state index in [0.717, 1.165) is 18.3 Å². The first kappa shape index (κ1) is 9.94. The van der Waals surface area contributed by atoms with Gasteiger partial charge in [0.05, 0.1) is 5.69 Å². The Hall–Kier alpha value is -1.25. The monoisotopic (exact) mass is 217 g/mol. The van der Waals surface area contributed by atoms with E-state index >= 15 is 0 Å². The van der Waals surface area contributed by atoms with Crippen molar-refractivity contribution in [2.45, 2.75) is 32.2 Å². The summed E-state index contributed by atoms with van der Waals surface area (Å²) < 4.78 is 0. The molecule has 0 aliphatic carbocycles. The standard InChI is InChI=1S/C13H19N3/c1-2-10-5-7-16-11(8-10)9-15-12-4-3-6-14-13(12)16/h3-4,6,10-11,15H,2,5,7-9H2,1H3. The normalized spacial score (nSPS) is 27.9. The summed E-state index contributed by atoms with van der Waals surface area (Å²) in [5.41, 5.74) is 1.20. The minimum Gasteiger partial charge on any atom is -0.380 e. The number of nitrogens with one attached hydrogen (secondary N) is 1. The van der Waals surface area contributed by atoms with E-state index in [2.05, 4.69) is 28.2 Å². The maximum atomic E-state index is 4.52. The molecular weight excluding hydrogens is 198 g/mol. The van der Waals surface area contributed by atoms with Crippen LogP contribution in [0.5, 0.6) is 0 Å². The molecule has 1 N–H and O–H groups in total. The summed E-state index contributed by atoms with van der Waals surface area (Å²) in [7, 11) is 0. The maximum Gasteiger partial charge on any atom is 0.152 e. The van der Waals surface area contributed by atoms with E-state index in [4.69, 9.17) is 0 Å². The lowest BCUT2D eigenvalue weighted by Crippen LogP contribution is -2.49. The van der Waals surface area contributed by atoms with Crippen molar-refractivity contribution in [3.63, 3.8) is 0 Å². The summed E-state index contributed by atoms with van der Waals surface area (Å²) in [4.78, 5) is 7.02. The Morgan fingerprint density at radius 1 is 1.56 bits per heavy atom. The highest BCUT2D eigenvalue weighted by molar-refractivity contribution is 5.68. The number of rotatable bonds is 1. The average molecular weight is 217 g/mol. The largest absolute Gasteiger partial charge is 0.380 e. The lowest BCUT2D eigenvalue weighted by Gasteiger charge is -2.44. The van der Waals surface area contributed by atoms with Crippen LogP contribution >= 0.6 is 0 Å². The first-order valence-corrected chi connectivity index (χ1v) is 6.34. The molecule has 2 aliphatic heterocycles. The van der Waals surface area contributed by atoms with Gasteiger partial charge in [-0.2, -0.15) is 0 Å². The molecule has 1 saturated heterocycles. The minimum atomic E-state index is 0.654. The Labute approximate surface area is 96.9 Å². The van der Waals surface area contributed by atoms with Gasteiger partial charge in [0, 0.05) is 25.3 Å². The number of nitrogens with zero attached hydrogens (tertiary/aromatic N) is 2. The summed E-state index contributed by atoms with van der Waals surface area (Å²) in [6, 6.07) is 4.79. The number of hydrogen-bond acceptors (Lipinski definition) is 3. The van der Waals surface area contributed by atoms with Crippen molar-refractivity contribution in [1.82, 2.24) is 4.98 Å². The maximum absolute atomic E-state index is 4.52. The smallest absolute Gasteiger partial charge is 0.152 e. The summed E-state index contributed by atoms with van der Waals surface area (Å²) in [5.74, 6) is 2.07. The molecule has 0 saturated carbocycles. The van der Waals surface area contributed by atoms with Gasteiger partial charge >= 0.3 is 0 Å². The molecule has 2 atom stereocenters. The molecule has 1 fully saturated rings. The van der Waals surface area contributed by atoms with Gasteiger partial charge in [-0.1, -0.05) is 13.3 Å². The number of piperidine rings is 1. The Balaban J connectivity index is 1.86. The Morgan fingerprint density at radius 2 is 2.50 bits per heavy atom. The van der Waals surface area contributed by atoms with E-state index in [0.29, 0.717) is 6.04 Å². The van der Waals surface area contributed by atoms with Gasteiger partial charge in [-0.15, -0.1) is 0 Å². The van der Waals surface area contributed by atoms with Crippen molar-refractivity contribution in [2.75, 3.05) is 23.3 Å². The summed E-state index contributed by atoms with van der Waals surface area (Å²) in [5, 5.41) is 3.50. The molecule has 2 unspecified atom stereocenters. The van der Waals surface area contributed by atoms with Crippen LogP contribution in [0.3, 0.4) is 0 Å². The van der Waals surface area contributed by atoms with E-state index < -0.39 is 0 Å². The SMILES string of the molecule is CCC1CCN2c3ncccc3NCC2C1. The quantitative estimate of drug-likeness (QED) is 0.783. The third-order valence-electron chi connectivity index (χ3n) is 3.99. The summed E-state index contributed by atoms with van der Waals surface area (Å²) in [6.07, 6.45) is 5.86. The molecule has 3 heteroatoms.